The second-order valence-electron chi connectivity index (χ2n) is 3.86. The summed E-state index contributed by atoms with van der Waals surface area (Å²) in [5.74, 6) is 0. The molecule has 2 heteroatoms. The van der Waals surface area contributed by atoms with Crippen LogP contribution in [-0.2, 0) is 0 Å². The molecule has 1 rings (SSSR count). The van der Waals surface area contributed by atoms with Gasteiger partial charge in [-0.3, -0.25) is 4.90 Å². The number of hydrogen-bond donors (Lipinski definition) is 0. The summed E-state index contributed by atoms with van der Waals surface area (Å²) in [6.45, 7) is 14.1. The van der Waals surface area contributed by atoms with Crippen LogP contribution in [0.3, 0.4) is 0 Å². The summed E-state index contributed by atoms with van der Waals surface area (Å²) in [6, 6.07) is 1.30. The van der Waals surface area contributed by atoms with Crippen LogP contribution in [0.4, 0.5) is 0 Å². The molecule has 0 radical (unpaired) electrons. The van der Waals surface area contributed by atoms with Crippen LogP contribution in [0.2, 0.25) is 0 Å². The predicted octanol–water partition coefficient (Wildman–Crippen LogP) is 1.54. The van der Waals surface area contributed by atoms with Gasteiger partial charge in [-0.05, 0) is 27.0 Å². The van der Waals surface area contributed by atoms with Crippen LogP contribution >= 0.6 is 0 Å². The van der Waals surface area contributed by atoms with E-state index in [1.165, 1.54) is 13.1 Å². The van der Waals surface area contributed by atoms with Gasteiger partial charge < -0.3 is 4.90 Å². The zero-order valence-corrected chi connectivity index (χ0v) is 8.45. The van der Waals surface area contributed by atoms with Crippen molar-refractivity contribution in [1.82, 2.24) is 9.80 Å². The first-order valence-electron chi connectivity index (χ1n) is 4.77. The second kappa shape index (κ2) is 3.94. The van der Waals surface area contributed by atoms with E-state index in [9.17, 15) is 0 Å². The molecule has 0 aromatic carbocycles. The average molecular weight is 168 g/mol. The van der Waals surface area contributed by atoms with Crippen molar-refractivity contribution in [1.29, 1.82) is 0 Å². The van der Waals surface area contributed by atoms with Gasteiger partial charge in [-0.1, -0.05) is 6.58 Å². The maximum atomic E-state index is 3.81. The van der Waals surface area contributed by atoms with Gasteiger partial charge in [-0.25, -0.2) is 0 Å². The Morgan fingerprint density at radius 3 is 2.50 bits per heavy atom. The zero-order chi connectivity index (χ0) is 9.14. The molecule has 70 valence electrons. The van der Waals surface area contributed by atoms with Crippen LogP contribution in [0.5, 0.6) is 0 Å². The molecule has 12 heavy (non-hydrogen) atoms. The molecule has 0 saturated carbocycles. The molecule has 1 atom stereocenters. The van der Waals surface area contributed by atoms with Gasteiger partial charge in [0.2, 0.25) is 0 Å². The smallest absolute Gasteiger partial charge is 0.0383 e. The predicted molar refractivity (Wildman–Crippen MR) is 53.1 cm³/mol. The minimum Gasteiger partial charge on any atom is -0.373 e. The van der Waals surface area contributed by atoms with Crippen molar-refractivity contribution in [3.8, 4) is 0 Å². The Labute approximate surface area is 75.8 Å². The fourth-order valence-electron chi connectivity index (χ4n) is 1.74. The van der Waals surface area contributed by atoms with Crippen molar-refractivity contribution in [2.45, 2.75) is 32.9 Å². The van der Waals surface area contributed by atoms with E-state index < -0.39 is 0 Å². The molecule has 0 aromatic heterocycles. The summed E-state index contributed by atoms with van der Waals surface area (Å²) in [5, 5.41) is 0. The highest BCUT2D eigenvalue weighted by Gasteiger charge is 2.21. The van der Waals surface area contributed by atoms with E-state index in [0.29, 0.717) is 12.1 Å². The van der Waals surface area contributed by atoms with Crippen molar-refractivity contribution in [2.75, 3.05) is 19.6 Å². The van der Waals surface area contributed by atoms with Crippen LogP contribution in [0.25, 0.3) is 0 Å². The summed E-state index contributed by atoms with van der Waals surface area (Å²) in [7, 11) is 0. The largest absolute Gasteiger partial charge is 0.373 e. The van der Waals surface area contributed by atoms with Gasteiger partial charge in [0.15, 0.2) is 0 Å². The third kappa shape index (κ3) is 2.01. The second-order valence-corrected chi connectivity index (χ2v) is 3.86. The highest BCUT2D eigenvalue weighted by Crippen LogP contribution is 2.11. The molecular formula is C10H20N2. The zero-order valence-electron chi connectivity index (χ0n) is 8.45. The molecule has 0 amide bonds. The number of nitrogens with zero attached hydrogens (tertiary/aromatic N) is 2. The summed E-state index contributed by atoms with van der Waals surface area (Å²) in [5.41, 5.74) is 0. The molecule has 1 saturated heterocycles. The lowest BCUT2D eigenvalue weighted by Gasteiger charge is -2.41. The Morgan fingerprint density at radius 1 is 1.42 bits per heavy atom. The molecule has 1 fully saturated rings. The monoisotopic (exact) mass is 168 g/mol. The lowest BCUT2D eigenvalue weighted by molar-refractivity contribution is 0.0967. The first-order chi connectivity index (χ1) is 5.65. The molecular weight excluding hydrogens is 148 g/mol. The number of piperazine rings is 1. The minimum atomic E-state index is 0.624. The van der Waals surface area contributed by atoms with Crippen LogP contribution in [0.15, 0.2) is 12.8 Å². The van der Waals surface area contributed by atoms with Crippen molar-refractivity contribution in [2.24, 2.45) is 0 Å². The van der Waals surface area contributed by atoms with Crippen molar-refractivity contribution in [3.63, 3.8) is 0 Å². The third-order valence-corrected chi connectivity index (χ3v) is 2.68. The lowest BCUT2D eigenvalue weighted by atomic mass is 10.1. The fraction of sp³-hybridized carbons (Fsp3) is 0.800. The molecule has 0 spiro atoms. The van der Waals surface area contributed by atoms with E-state index in [1.54, 1.807) is 0 Å². The van der Waals surface area contributed by atoms with Gasteiger partial charge in [-0.15, -0.1) is 0 Å². The first-order valence-corrected chi connectivity index (χ1v) is 4.77. The molecule has 2 nitrogen and oxygen atoms in total. The maximum Gasteiger partial charge on any atom is 0.0383 e. The summed E-state index contributed by atoms with van der Waals surface area (Å²) < 4.78 is 0. The highest BCUT2D eigenvalue weighted by atomic mass is 15.3. The molecule has 0 N–H and O–H groups in total. The van der Waals surface area contributed by atoms with Gasteiger partial charge in [0, 0.05) is 31.7 Å². The van der Waals surface area contributed by atoms with Crippen molar-refractivity contribution >= 4 is 0 Å². The Bertz CT molecular complexity index is 154. The van der Waals surface area contributed by atoms with Crippen LogP contribution < -0.4 is 0 Å². The van der Waals surface area contributed by atoms with E-state index in [2.05, 4.69) is 37.1 Å². The van der Waals surface area contributed by atoms with Crippen molar-refractivity contribution < 1.29 is 0 Å². The third-order valence-electron chi connectivity index (χ3n) is 2.68. The van der Waals surface area contributed by atoms with Crippen molar-refractivity contribution in [3.05, 3.63) is 12.8 Å². The van der Waals surface area contributed by atoms with Gasteiger partial charge in [0.25, 0.3) is 0 Å². The number of hydrogen-bond acceptors (Lipinski definition) is 2. The summed E-state index contributed by atoms with van der Waals surface area (Å²) in [4.78, 5) is 4.84. The SMILES string of the molecule is C=CN1CCN(C(C)C)CC1C. The summed E-state index contributed by atoms with van der Waals surface area (Å²) >= 11 is 0. The van der Waals surface area contributed by atoms with E-state index in [1.807, 2.05) is 6.20 Å². The maximum absolute atomic E-state index is 3.81. The number of rotatable bonds is 2. The molecule has 1 unspecified atom stereocenters. The quantitative estimate of drug-likeness (QED) is 0.617. The Kier molecular flexibility index (Phi) is 3.15. The Hall–Kier alpha value is -0.500. The average Bonchev–Trinajstić information content (AvgIpc) is 2.04. The summed E-state index contributed by atoms with van der Waals surface area (Å²) in [6.07, 6.45) is 1.96. The first kappa shape index (κ1) is 9.59. The van der Waals surface area contributed by atoms with Crippen LogP contribution in [-0.4, -0.2) is 41.5 Å². The van der Waals surface area contributed by atoms with Gasteiger partial charge in [0.05, 0.1) is 0 Å². The molecule has 1 heterocycles. The lowest BCUT2D eigenvalue weighted by Crippen LogP contribution is -2.51. The molecule has 1 aliphatic rings. The van der Waals surface area contributed by atoms with E-state index in [0.717, 1.165) is 6.54 Å². The van der Waals surface area contributed by atoms with Gasteiger partial charge >= 0.3 is 0 Å². The Balaban J connectivity index is 2.45. The Morgan fingerprint density at radius 2 is 2.08 bits per heavy atom. The van der Waals surface area contributed by atoms with Gasteiger partial charge in [-0.2, -0.15) is 0 Å². The van der Waals surface area contributed by atoms with E-state index in [-0.39, 0.29) is 0 Å². The molecule has 0 aliphatic carbocycles. The van der Waals surface area contributed by atoms with E-state index in [4.69, 9.17) is 0 Å². The molecule has 0 bridgehead atoms. The highest BCUT2D eigenvalue weighted by molar-refractivity contribution is 4.85. The molecule has 1 aliphatic heterocycles. The van der Waals surface area contributed by atoms with Crippen LogP contribution in [0, 0.1) is 0 Å². The standard InChI is InChI=1S/C10H20N2/c1-5-11-6-7-12(9(2)3)8-10(11)4/h5,9-10H,1,6-8H2,2-4H3. The minimum absolute atomic E-state index is 0.624. The van der Waals surface area contributed by atoms with Gasteiger partial charge in [0.1, 0.15) is 0 Å². The molecule has 0 aromatic rings. The topological polar surface area (TPSA) is 6.48 Å². The van der Waals surface area contributed by atoms with E-state index >= 15 is 0 Å². The van der Waals surface area contributed by atoms with Crippen LogP contribution in [0.1, 0.15) is 20.8 Å². The fourth-order valence-corrected chi connectivity index (χ4v) is 1.74. The normalized spacial score (nSPS) is 26.3.